The number of pyridine rings is 1. The zero-order valence-corrected chi connectivity index (χ0v) is 26.5. The van der Waals surface area contributed by atoms with Crippen LogP contribution in [0.5, 0.6) is 11.6 Å². The van der Waals surface area contributed by atoms with Crippen molar-refractivity contribution in [3.63, 3.8) is 0 Å². The zero-order valence-electron chi connectivity index (χ0n) is 26.5. The fourth-order valence-electron chi connectivity index (χ4n) is 6.21. The second-order valence-electron chi connectivity index (χ2n) is 12.1. The number of carbonyl (C=O) groups is 1. The van der Waals surface area contributed by atoms with Crippen LogP contribution in [0.2, 0.25) is 0 Å². The van der Waals surface area contributed by atoms with Crippen LogP contribution in [0.4, 0.5) is 0 Å². The third kappa shape index (κ3) is 6.45. The highest BCUT2D eigenvalue weighted by Gasteiger charge is 2.34. The Labute approximate surface area is 263 Å². The van der Waals surface area contributed by atoms with Gasteiger partial charge in [0.15, 0.2) is 11.6 Å². The van der Waals surface area contributed by atoms with Crippen molar-refractivity contribution >= 4 is 5.97 Å². The third-order valence-corrected chi connectivity index (χ3v) is 8.46. The number of carboxylic acid groups (broad SMARTS) is 1. The molecule has 2 aliphatic rings. The molecule has 4 aromatic rings. The molecular weight excluding hydrogens is 572 g/mol. The highest BCUT2D eigenvalue weighted by Crippen LogP contribution is 2.35. The van der Waals surface area contributed by atoms with Crippen LogP contribution in [0.25, 0.3) is 17.1 Å². The molecule has 4 heterocycles. The number of benzene rings is 2. The lowest BCUT2D eigenvalue weighted by Gasteiger charge is -2.32. The number of hydrogen-bond donors (Lipinski definition) is 1. The lowest BCUT2D eigenvalue weighted by molar-refractivity contribution is -0.140. The Bertz CT molecular complexity index is 1710. The quantitative estimate of drug-likeness (QED) is 0.240. The summed E-state index contributed by atoms with van der Waals surface area (Å²) in [7, 11) is 0. The van der Waals surface area contributed by atoms with Crippen LogP contribution in [0.1, 0.15) is 58.9 Å². The Balaban J connectivity index is 1.20. The molecule has 1 saturated heterocycles. The summed E-state index contributed by atoms with van der Waals surface area (Å²) in [6.07, 6.45) is 2.36. The van der Waals surface area contributed by atoms with E-state index in [0.29, 0.717) is 31.3 Å². The maximum Gasteiger partial charge on any atom is 0.342 e. The molecule has 6 rings (SSSR count). The first kappa shape index (κ1) is 30.8. The minimum atomic E-state index is -1.11. The fourth-order valence-corrected chi connectivity index (χ4v) is 6.21. The largest absolute Gasteiger partial charge is 0.488 e. The summed E-state index contributed by atoms with van der Waals surface area (Å²) in [5.41, 5.74) is 7.70. The molecule has 1 atom stereocenters. The van der Waals surface area contributed by atoms with Gasteiger partial charge in [0.25, 0.3) is 0 Å². The van der Waals surface area contributed by atoms with Crippen LogP contribution < -0.4 is 9.47 Å². The molecule has 0 spiro atoms. The van der Waals surface area contributed by atoms with Gasteiger partial charge in [-0.3, -0.25) is 4.90 Å². The molecule has 0 unspecified atom stereocenters. The van der Waals surface area contributed by atoms with E-state index < -0.39 is 11.8 Å². The number of carboxylic acids is 1. The number of nitrogens with zero attached hydrogens (tertiary/aromatic N) is 4. The normalized spacial score (nSPS) is 17.7. The van der Waals surface area contributed by atoms with Crippen LogP contribution in [0.15, 0.2) is 54.7 Å². The standard InChI is InChI=1S/C35H40N4O6/c1-6-42-33-29(34(40)41)17-36-39(33)31-12-8-11-30(37-31)28-10-7-9-22(2)32(28)43-20-25-14-13-24-18-38(16-15-27(24)23(25)3)19-26-21-44-35(4,5)45-26/h7-14,17,26H,6,15-16,18-21H2,1-5H3,(H,40,41)/t26-/m0/s1. The molecule has 2 aromatic carbocycles. The molecule has 0 radical (unpaired) electrons. The molecule has 0 amide bonds. The first-order chi connectivity index (χ1) is 21.6. The Morgan fingerprint density at radius 1 is 1.11 bits per heavy atom. The van der Waals surface area contributed by atoms with Gasteiger partial charge in [0.1, 0.15) is 17.9 Å². The number of aromatic nitrogens is 3. The molecule has 0 aliphatic carbocycles. The van der Waals surface area contributed by atoms with Crippen molar-refractivity contribution in [1.82, 2.24) is 19.7 Å². The highest BCUT2D eigenvalue weighted by molar-refractivity contribution is 5.90. The number of rotatable bonds is 10. The van der Waals surface area contributed by atoms with Crippen molar-refractivity contribution in [2.45, 2.75) is 66.1 Å². The van der Waals surface area contributed by atoms with Gasteiger partial charge in [0.05, 0.1) is 31.2 Å². The number of fused-ring (bicyclic) bond motifs is 1. The zero-order chi connectivity index (χ0) is 31.7. The number of ether oxygens (including phenoxy) is 4. The summed E-state index contributed by atoms with van der Waals surface area (Å²) in [5, 5.41) is 13.8. The van der Waals surface area contributed by atoms with Crippen LogP contribution >= 0.6 is 0 Å². The Morgan fingerprint density at radius 3 is 2.69 bits per heavy atom. The Hall–Kier alpha value is -4.25. The van der Waals surface area contributed by atoms with E-state index in [4.69, 9.17) is 23.9 Å². The molecule has 45 heavy (non-hydrogen) atoms. The smallest absolute Gasteiger partial charge is 0.342 e. The van der Waals surface area contributed by atoms with E-state index in [1.54, 1.807) is 13.0 Å². The van der Waals surface area contributed by atoms with E-state index in [0.717, 1.165) is 48.5 Å². The maximum atomic E-state index is 11.7. The minimum absolute atomic E-state index is 0.0155. The average molecular weight is 613 g/mol. The molecule has 2 aromatic heterocycles. The third-order valence-electron chi connectivity index (χ3n) is 8.46. The van der Waals surface area contributed by atoms with Gasteiger partial charge < -0.3 is 24.1 Å². The lowest BCUT2D eigenvalue weighted by atomic mass is 9.92. The van der Waals surface area contributed by atoms with Gasteiger partial charge in [-0.1, -0.05) is 30.3 Å². The first-order valence-corrected chi connectivity index (χ1v) is 15.4. The second kappa shape index (κ2) is 12.6. The number of hydrogen-bond acceptors (Lipinski definition) is 8. The predicted molar refractivity (Wildman–Crippen MR) is 169 cm³/mol. The number of aromatic carboxylic acids is 1. The fraction of sp³-hybridized carbons (Fsp3) is 0.400. The molecule has 1 N–H and O–H groups in total. The summed E-state index contributed by atoms with van der Waals surface area (Å²) >= 11 is 0. The van der Waals surface area contributed by atoms with Crippen molar-refractivity contribution in [1.29, 1.82) is 0 Å². The molecule has 236 valence electrons. The summed E-state index contributed by atoms with van der Waals surface area (Å²) in [4.78, 5) is 19.0. The van der Waals surface area contributed by atoms with Gasteiger partial charge in [-0.05, 0) is 87.1 Å². The Kier molecular flexibility index (Phi) is 8.63. The number of para-hydroxylation sites is 1. The van der Waals surface area contributed by atoms with Gasteiger partial charge in [-0.25, -0.2) is 9.78 Å². The topological polar surface area (TPSA) is 108 Å². The van der Waals surface area contributed by atoms with E-state index in [1.807, 2.05) is 51.1 Å². The van der Waals surface area contributed by atoms with E-state index in [1.165, 1.54) is 27.6 Å². The molecule has 10 nitrogen and oxygen atoms in total. The lowest BCUT2D eigenvalue weighted by Crippen LogP contribution is -2.38. The molecule has 2 aliphatic heterocycles. The van der Waals surface area contributed by atoms with Crippen molar-refractivity contribution < 1.29 is 28.8 Å². The van der Waals surface area contributed by atoms with Crippen LogP contribution in [-0.4, -0.2) is 68.9 Å². The van der Waals surface area contributed by atoms with Crippen molar-refractivity contribution in [3.8, 4) is 28.7 Å². The molecule has 0 bridgehead atoms. The van der Waals surface area contributed by atoms with E-state index in [2.05, 4.69) is 29.1 Å². The minimum Gasteiger partial charge on any atom is -0.488 e. The summed E-state index contributed by atoms with van der Waals surface area (Å²) in [6, 6.07) is 16.0. The van der Waals surface area contributed by atoms with Gasteiger partial charge in [-0.2, -0.15) is 9.78 Å². The van der Waals surface area contributed by atoms with E-state index >= 15 is 0 Å². The monoisotopic (exact) mass is 612 g/mol. The first-order valence-electron chi connectivity index (χ1n) is 15.4. The van der Waals surface area contributed by atoms with Crippen LogP contribution in [0, 0.1) is 13.8 Å². The highest BCUT2D eigenvalue weighted by atomic mass is 16.7. The molecule has 1 fully saturated rings. The van der Waals surface area contributed by atoms with Crippen LogP contribution in [-0.2, 0) is 29.0 Å². The summed E-state index contributed by atoms with van der Waals surface area (Å²) < 4.78 is 25.4. The summed E-state index contributed by atoms with van der Waals surface area (Å²) in [5.74, 6) is -0.261. The summed E-state index contributed by atoms with van der Waals surface area (Å²) in [6.45, 7) is 14.1. The van der Waals surface area contributed by atoms with Gasteiger partial charge in [0.2, 0.25) is 5.88 Å². The number of aryl methyl sites for hydroxylation is 1. The Morgan fingerprint density at radius 2 is 1.93 bits per heavy atom. The molecule has 10 heteroatoms. The van der Waals surface area contributed by atoms with E-state index in [9.17, 15) is 9.90 Å². The molecular formula is C35H40N4O6. The maximum absolute atomic E-state index is 11.7. The van der Waals surface area contributed by atoms with Crippen molar-refractivity contribution in [3.05, 3.63) is 88.1 Å². The van der Waals surface area contributed by atoms with Gasteiger partial charge >= 0.3 is 5.97 Å². The average Bonchev–Trinajstić information content (AvgIpc) is 3.59. The molecule has 0 saturated carbocycles. The van der Waals surface area contributed by atoms with Crippen molar-refractivity contribution in [2.24, 2.45) is 0 Å². The second-order valence-corrected chi connectivity index (χ2v) is 12.1. The predicted octanol–water partition coefficient (Wildman–Crippen LogP) is 5.74. The van der Waals surface area contributed by atoms with Gasteiger partial charge in [0, 0.05) is 25.2 Å². The SMILES string of the molecule is CCOc1c(C(=O)O)cnn1-c1cccc(-c2cccc(C)c2OCc2ccc3c(c2C)CCN(C[C@H]2COC(C)(C)O2)C3)n1. The van der Waals surface area contributed by atoms with E-state index in [-0.39, 0.29) is 17.5 Å². The van der Waals surface area contributed by atoms with Crippen LogP contribution in [0.3, 0.4) is 0 Å². The van der Waals surface area contributed by atoms with Crippen molar-refractivity contribution in [2.75, 3.05) is 26.3 Å². The van der Waals surface area contributed by atoms with Gasteiger partial charge in [-0.15, -0.1) is 0 Å².